The fourth-order valence-corrected chi connectivity index (χ4v) is 2.12. The molecular weight excluding hydrogens is 296 g/mol. The summed E-state index contributed by atoms with van der Waals surface area (Å²) in [5, 5.41) is 16.3. The summed E-state index contributed by atoms with van der Waals surface area (Å²) in [7, 11) is 1.76. The Labute approximate surface area is 135 Å². The molecule has 0 aromatic carbocycles. The number of ether oxygens (including phenoxy) is 1. The smallest absolute Gasteiger partial charge is 0.412 e. The molecule has 2 rings (SSSR count). The number of hydrogen-bond donors (Lipinski definition) is 2. The summed E-state index contributed by atoms with van der Waals surface area (Å²) in [6, 6.07) is 3.53. The van der Waals surface area contributed by atoms with Crippen molar-refractivity contribution >= 4 is 11.8 Å². The first-order valence-electron chi connectivity index (χ1n) is 7.31. The summed E-state index contributed by atoms with van der Waals surface area (Å²) >= 11 is 0. The van der Waals surface area contributed by atoms with Gasteiger partial charge in [-0.1, -0.05) is 0 Å². The van der Waals surface area contributed by atoms with Crippen LogP contribution in [0, 0.1) is 6.92 Å². The Balaban J connectivity index is 2.23. The van der Waals surface area contributed by atoms with E-state index < -0.39 is 11.7 Å². The highest BCUT2D eigenvalue weighted by atomic mass is 16.6. The molecule has 0 radical (unpaired) electrons. The topological polar surface area (TPSA) is 89.3 Å². The molecule has 0 aliphatic rings. The summed E-state index contributed by atoms with van der Waals surface area (Å²) in [6.07, 6.45) is 1.14. The highest BCUT2D eigenvalue weighted by molar-refractivity contribution is 5.86. The van der Waals surface area contributed by atoms with Gasteiger partial charge >= 0.3 is 6.09 Å². The van der Waals surface area contributed by atoms with Crippen molar-refractivity contribution in [1.82, 2.24) is 14.8 Å². The number of carbonyl (C=O) groups excluding carboxylic acids is 1. The van der Waals surface area contributed by atoms with E-state index in [4.69, 9.17) is 4.74 Å². The Kier molecular flexibility index (Phi) is 4.70. The molecular formula is C16H22N4O3. The number of carbonyl (C=O) groups is 1. The predicted octanol–water partition coefficient (Wildman–Crippen LogP) is 2.63. The van der Waals surface area contributed by atoms with E-state index in [9.17, 15) is 9.90 Å². The largest absolute Gasteiger partial charge is 0.444 e. The van der Waals surface area contributed by atoms with Crippen molar-refractivity contribution in [2.45, 2.75) is 39.9 Å². The Morgan fingerprint density at radius 1 is 1.39 bits per heavy atom. The summed E-state index contributed by atoms with van der Waals surface area (Å²) in [5.41, 5.74) is 2.82. The minimum atomic E-state index is -0.558. The lowest BCUT2D eigenvalue weighted by molar-refractivity contribution is 0.0635. The van der Waals surface area contributed by atoms with E-state index in [-0.39, 0.29) is 6.61 Å². The molecule has 0 saturated carbocycles. The first-order valence-corrected chi connectivity index (χ1v) is 7.31. The molecule has 124 valence electrons. The van der Waals surface area contributed by atoms with Crippen LogP contribution in [0.2, 0.25) is 0 Å². The lowest BCUT2D eigenvalue weighted by Gasteiger charge is -2.20. The van der Waals surface area contributed by atoms with E-state index in [1.165, 1.54) is 0 Å². The molecule has 7 nitrogen and oxygen atoms in total. The number of aliphatic hydroxyl groups excluding tert-OH is 1. The Bertz CT molecular complexity index is 717. The number of anilines is 1. The SMILES string of the molecule is Cc1nc(-c2cnn(C)c2CO)ccc1NC(=O)OC(C)(C)C. The van der Waals surface area contributed by atoms with E-state index in [1.54, 1.807) is 57.8 Å². The molecule has 0 fully saturated rings. The molecule has 0 saturated heterocycles. The van der Waals surface area contributed by atoms with Gasteiger partial charge in [-0.15, -0.1) is 0 Å². The maximum absolute atomic E-state index is 11.8. The number of pyridine rings is 1. The fraction of sp³-hybridized carbons (Fsp3) is 0.438. The van der Waals surface area contributed by atoms with Crippen molar-refractivity contribution in [1.29, 1.82) is 0 Å². The average molecular weight is 318 g/mol. The molecule has 7 heteroatoms. The van der Waals surface area contributed by atoms with Crippen LogP contribution in [0.25, 0.3) is 11.3 Å². The summed E-state index contributed by atoms with van der Waals surface area (Å²) in [5.74, 6) is 0. The Hall–Kier alpha value is -2.41. The van der Waals surface area contributed by atoms with Crippen molar-refractivity contribution in [2.24, 2.45) is 7.05 Å². The second-order valence-electron chi connectivity index (χ2n) is 6.24. The number of amides is 1. The van der Waals surface area contributed by atoms with Crippen LogP contribution in [-0.2, 0) is 18.4 Å². The van der Waals surface area contributed by atoms with Crippen LogP contribution in [0.4, 0.5) is 10.5 Å². The number of aliphatic hydroxyl groups is 1. The van der Waals surface area contributed by atoms with Crippen LogP contribution in [0.3, 0.4) is 0 Å². The normalized spacial score (nSPS) is 11.4. The number of nitrogens with one attached hydrogen (secondary N) is 1. The lowest BCUT2D eigenvalue weighted by Crippen LogP contribution is -2.27. The molecule has 0 aliphatic heterocycles. The molecule has 0 spiro atoms. The minimum absolute atomic E-state index is 0.121. The summed E-state index contributed by atoms with van der Waals surface area (Å²) in [4.78, 5) is 16.3. The average Bonchev–Trinajstić information content (AvgIpc) is 2.80. The van der Waals surface area contributed by atoms with Crippen molar-refractivity contribution in [3.63, 3.8) is 0 Å². The molecule has 0 atom stereocenters. The van der Waals surface area contributed by atoms with Gasteiger partial charge in [-0.2, -0.15) is 5.10 Å². The van der Waals surface area contributed by atoms with Crippen molar-refractivity contribution in [3.05, 3.63) is 29.7 Å². The zero-order chi connectivity index (χ0) is 17.2. The molecule has 2 N–H and O–H groups in total. The predicted molar refractivity (Wildman–Crippen MR) is 87.0 cm³/mol. The van der Waals surface area contributed by atoms with E-state index in [1.807, 2.05) is 0 Å². The van der Waals surface area contributed by atoms with Gasteiger partial charge in [-0.05, 0) is 39.8 Å². The van der Waals surface area contributed by atoms with E-state index >= 15 is 0 Å². The lowest BCUT2D eigenvalue weighted by atomic mass is 10.1. The quantitative estimate of drug-likeness (QED) is 0.908. The fourth-order valence-electron chi connectivity index (χ4n) is 2.12. The Morgan fingerprint density at radius 3 is 2.65 bits per heavy atom. The van der Waals surface area contributed by atoms with Crippen LogP contribution in [0.15, 0.2) is 18.3 Å². The zero-order valence-corrected chi connectivity index (χ0v) is 14.0. The van der Waals surface area contributed by atoms with Crippen molar-refractivity contribution < 1.29 is 14.6 Å². The third-order valence-electron chi connectivity index (χ3n) is 3.21. The molecule has 2 aromatic rings. The van der Waals surface area contributed by atoms with E-state index in [0.717, 1.165) is 5.56 Å². The van der Waals surface area contributed by atoms with Crippen LogP contribution in [0.5, 0.6) is 0 Å². The number of hydrogen-bond acceptors (Lipinski definition) is 5. The van der Waals surface area contributed by atoms with Gasteiger partial charge in [-0.3, -0.25) is 15.0 Å². The van der Waals surface area contributed by atoms with Gasteiger partial charge in [-0.25, -0.2) is 4.79 Å². The number of rotatable bonds is 3. The summed E-state index contributed by atoms with van der Waals surface area (Å²) in [6.45, 7) is 7.09. The molecule has 0 unspecified atom stereocenters. The second-order valence-corrected chi connectivity index (χ2v) is 6.24. The molecule has 0 aliphatic carbocycles. The monoisotopic (exact) mass is 318 g/mol. The van der Waals surface area contributed by atoms with Crippen LogP contribution >= 0.6 is 0 Å². The first-order chi connectivity index (χ1) is 10.7. The zero-order valence-electron chi connectivity index (χ0n) is 14.0. The van der Waals surface area contributed by atoms with Gasteiger partial charge in [0.05, 0.1) is 35.6 Å². The Morgan fingerprint density at radius 2 is 2.09 bits per heavy atom. The third kappa shape index (κ3) is 4.07. The second kappa shape index (κ2) is 6.37. The van der Waals surface area contributed by atoms with Crippen LogP contribution in [0.1, 0.15) is 32.2 Å². The molecule has 1 amide bonds. The van der Waals surface area contributed by atoms with Gasteiger partial charge in [0.15, 0.2) is 0 Å². The van der Waals surface area contributed by atoms with Crippen molar-refractivity contribution in [3.8, 4) is 11.3 Å². The highest BCUT2D eigenvalue weighted by Crippen LogP contribution is 2.24. The van der Waals surface area contributed by atoms with Gasteiger partial charge in [0.2, 0.25) is 0 Å². The van der Waals surface area contributed by atoms with E-state index in [2.05, 4.69) is 15.4 Å². The van der Waals surface area contributed by atoms with Gasteiger partial charge < -0.3 is 9.84 Å². The molecule has 2 heterocycles. The third-order valence-corrected chi connectivity index (χ3v) is 3.21. The maximum atomic E-state index is 11.8. The van der Waals surface area contributed by atoms with Crippen molar-refractivity contribution in [2.75, 3.05) is 5.32 Å². The minimum Gasteiger partial charge on any atom is -0.444 e. The first kappa shape index (κ1) is 17.0. The van der Waals surface area contributed by atoms with Crippen LogP contribution in [-0.4, -0.2) is 31.6 Å². The summed E-state index contributed by atoms with van der Waals surface area (Å²) < 4.78 is 6.84. The standard InChI is InChI=1S/C16H22N4O3/c1-10-12(19-15(22)23-16(2,3)4)6-7-13(18-10)11-8-17-20(5)14(11)9-21/h6-8,21H,9H2,1-5H3,(H,19,22). The number of aryl methyl sites for hydroxylation is 2. The van der Waals surface area contributed by atoms with Gasteiger partial charge in [0.1, 0.15) is 5.60 Å². The maximum Gasteiger partial charge on any atom is 0.412 e. The van der Waals surface area contributed by atoms with Gasteiger partial charge in [0.25, 0.3) is 0 Å². The molecule has 0 bridgehead atoms. The van der Waals surface area contributed by atoms with Crippen LogP contribution < -0.4 is 5.32 Å². The molecule has 23 heavy (non-hydrogen) atoms. The van der Waals surface area contributed by atoms with Gasteiger partial charge in [0, 0.05) is 12.6 Å². The number of aromatic nitrogens is 3. The molecule has 2 aromatic heterocycles. The number of nitrogens with zero attached hydrogens (tertiary/aromatic N) is 3. The van der Waals surface area contributed by atoms with E-state index in [0.29, 0.717) is 22.8 Å². The highest BCUT2D eigenvalue weighted by Gasteiger charge is 2.18.